The lowest BCUT2D eigenvalue weighted by molar-refractivity contribution is 0.0599. The Kier molecular flexibility index (Phi) is 5.16. The highest BCUT2D eigenvalue weighted by Crippen LogP contribution is 2.37. The summed E-state index contributed by atoms with van der Waals surface area (Å²) in [5, 5.41) is 7.68. The Labute approximate surface area is 175 Å². The lowest BCUT2D eigenvalue weighted by Crippen LogP contribution is -2.18. The van der Waals surface area contributed by atoms with Gasteiger partial charge in [-0.15, -0.1) is 0 Å². The van der Waals surface area contributed by atoms with Crippen molar-refractivity contribution in [3.05, 3.63) is 87.7 Å². The highest BCUT2D eigenvalue weighted by Gasteiger charge is 2.32. The zero-order valence-electron chi connectivity index (χ0n) is 16.6. The first kappa shape index (κ1) is 19.3. The molecule has 148 valence electrons. The van der Waals surface area contributed by atoms with E-state index in [4.69, 9.17) is 21.4 Å². The molecule has 2 aromatic carbocycles. The SMILES string of the molecule is COC(=O)c1c(C)[nH]c(C2=NN(c3ccccc3)C(c3ccc(Cl)cc3)C2)c1C. The maximum Gasteiger partial charge on any atom is 0.339 e. The van der Waals surface area contributed by atoms with Gasteiger partial charge in [0.25, 0.3) is 0 Å². The molecule has 1 aliphatic rings. The van der Waals surface area contributed by atoms with E-state index >= 15 is 0 Å². The average Bonchev–Trinajstić information content (AvgIpc) is 3.30. The highest BCUT2D eigenvalue weighted by molar-refractivity contribution is 6.30. The predicted molar refractivity (Wildman–Crippen MR) is 116 cm³/mol. The minimum Gasteiger partial charge on any atom is -0.465 e. The van der Waals surface area contributed by atoms with E-state index in [2.05, 4.69) is 4.98 Å². The number of ether oxygens (including phenoxy) is 1. The Morgan fingerprint density at radius 2 is 1.83 bits per heavy atom. The summed E-state index contributed by atoms with van der Waals surface area (Å²) < 4.78 is 4.94. The van der Waals surface area contributed by atoms with E-state index in [1.807, 2.05) is 73.5 Å². The van der Waals surface area contributed by atoms with Gasteiger partial charge in [-0.2, -0.15) is 5.10 Å². The van der Waals surface area contributed by atoms with E-state index in [0.717, 1.165) is 33.9 Å². The molecule has 2 heterocycles. The summed E-state index contributed by atoms with van der Waals surface area (Å²) in [6, 6.07) is 18.0. The first-order valence-corrected chi connectivity index (χ1v) is 9.82. The second-order valence-electron chi connectivity index (χ2n) is 7.11. The first-order chi connectivity index (χ1) is 14.0. The van der Waals surface area contributed by atoms with Crippen LogP contribution in [0.4, 0.5) is 5.69 Å². The maximum atomic E-state index is 12.2. The van der Waals surface area contributed by atoms with Gasteiger partial charge in [-0.05, 0) is 49.2 Å². The van der Waals surface area contributed by atoms with Crippen molar-refractivity contribution in [2.45, 2.75) is 26.3 Å². The molecule has 5 nitrogen and oxygen atoms in total. The summed E-state index contributed by atoms with van der Waals surface area (Å²) in [6.07, 6.45) is 0.706. The van der Waals surface area contributed by atoms with Gasteiger partial charge in [0.1, 0.15) is 0 Å². The van der Waals surface area contributed by atoms with Gasteiger partial charge in [0.05, 0.1) is 35.8 Å². The van der Waals surface area contributed by atoms with Crippen LogP contribution in [0.1, 0.15) is 45.3 Å². The molecule has 0 saturated heterocycles. The number of anilines is 1. The van der Waals surface area contributed by atoms with Crippen LogP contribution in [0.2, 0.25) is 5.02 Å². The van der Waals surface area contributed by atoms with Crippen LogP contribution >= 0.6 is 11.6 Å². The Balaban J connectivity index is 1.77. The molecule has 0 radical (unpaired) electrons. The molecule has 1 aliphatic heterocycles. The van der Waals surface area contributed by atoms with Crippen molar-refractivity contribution >= 4 is 29.0 Å². The van der Waals surface area contributed by atoms with E-state index in [-0.39, 0.29) is 12.0 Å². The first-order valence-electron chi connectivity index (χ1n) is 9.44. The lowest BCUT2D eigenvalue weighted by atomic mass is 9.98. The fourth-order valence-electron chi connectivity index (χ4n) is 3.87. The number of nitrogens with one attached hydrogen (secondary N) is 1. The number of hydrogen-bond acceptors (Lipinski definition) is 4. The van der Waals surface area contributed by atoms with Gasteiger partial charge in [0, 0.05) is 17.1 Å². The van der Waals surface area contributed by atoms with Crippen LogP contribution in [0.3, 0.4) is 0 Å². The molecule has 1 atom stereocenters. The largest absolute Gasteiger partial charge is 0.465 e. The van der Waals surface area contributed by atoms with Crippen LogP contribution < -0.4 is 5.01 Å². The zero-order valence-corrected chi connectivity index (χ0v) is 17.3. The zero-order chi connectivity index (χ0) is 20.5. The van der Waals surface area contributed by atoms with Crippen molar-refractivity contribution in [1.29, 1.82) is 0 Å². The number of H-pyrrole nitrogens is 1. The number of nitrogens with zero attached hydrogens (tertiary/aromatic N) is 2. The molecule has 0 saturated carbocycles. The summed E-state index contributed by atoms with van der Waals surface area (Å²) in [4.78, 5) is 15.5. The fourth-order valence-corrected chi connectivity index (χ4v) is 4.00. The molecule has 4 rings (SSSR count). The van der Waals surface area contributed by atoms with Gasteiger partial charge in [-0.3, -0.25) is 5.01 Å². The minimum atomic E-state index is -0.338. The van der Waals surface area contributed by atoms with Gasteiger partial charge >= 0.3 is 5.97 Å². The number of rotatable bonds is 4. The molecule has 1 aromatic heterocycles. The van der Waals surface area contributed by atoms with Crippen molar-refractivity contribution in [2.24, 2.45) is 5.10 Å². The van der Waals surface area contributed by atoms with Crippen LogP contribution in [0.5, 0.6) is 0 Å². The number of carbonyl (C=O) groups is 1. The number of para-hydroxylation sites is 1. The molecule has 6 heteroatoms. The van der Waals surface area contributed by atoms with Crippen LogP contribution in [0, 0.1) is 13.8 Å². The molecule has 0 bridgehead atoms. The minimum absolute atomic E-state index is 0.0363. The quantitative estimate of drug-likeness (QED) is 0.587. The van der Waals surface area contributed by atoms with Gasteiger partial charge < -0.3 is 9.72 Å². The van der Waals surface area contributed by atoms with Crippen LogP contribution in [-0.4, -0.2) is 23.8 Å². The number of methoxy groups -OCH3 is 1. The second-order valence-corrected chi connectivity index (χ2v) is 7.55. The van der Waals surface area contributed by atoms with Crippen molar-refractivity contribution in [3.63, 3.8) is 0 Å². The van der Waals surface area contributed by atoms with E-state index in [1.165, 1.54) is 7.11 Å². The summed E-state index contributed by atoms with van der Waals surface area (Å²) in [5.74, 6) is -0.338. The van der Waals surface area contributed by atoms with E-state index in [9.17, 15) is 4.79 Å². The summed E-state index contributed by atoms with van der Waals surface area (Å²) >= 11 is 6.09. The number of aromatic amines is 1. The molecule has 0 aliphatic carbocycles. The van der Waals surface area contributed by atoms with E-state index in [0.29, 0.717) is 17.0 Å². The van der Waals surface area contributed by atoms with E-state index < -0.39 is 0 Å². The number of hydrogen-bond donors (Lipinski definition) is 1. The Morgan fingerprint density at radius 1 is 1.14 bits per heavy atom. The van der Waals surface area contributed by atoms with Crippen LogP contribution in [0.15, 0.2) is 59.7 Å². The third-order valence-corrected chi connectivity index (χ3v) is 5.55. The molecule has 1 N–H and O–H groups in total. The molecule has 3 aromatic rings. The molecule has 1 unspecified atom stereocenters. The van der Waals surface area contributed by atoms with Gasteiger partial charge in [-0.25, -0.2) is 4.79 Å². The van der Waals surface area contributed by atoms with Gasteiger partial charge in [-0.1, -0.05) is 41.9 Å². The topological polar surface area (TPSA) is 57.7 Å². The number of carbonyl (C=O) groups excluding carboxylic acids is 1. The van der Waals surface area contributed by atoms with Crippen molar-refractivity contribution in [1.82, 2.24) is 4.98 Å². The molecule has 0 fully saturated rings. The molecule has 29 heavy (non-hydrogen) atoms. The van der Waals surface area contributed by atoms with Gasteiger partial charge in [0.2, 0.25) is 0 Å². The number of esters is 1. The lowest BCUT2D eigenvalue weighted by Gasteiger charge is -2.24. The molecular weight excluding hydrogens is 386 g/mol. The van der Waals surface area contributed by atoms with Gasteiger partial charge in [0.15, 0.2) is 0 Å². The molecular formula is C23H22ClN3O2. The maximum absolute atomic E-state index is 12.2. The molecule has 0 amide bonds. The Bertz CT molecular complexity index is 1070. The van der Waals surface area contributed by atoms with Crippen molar-refractivity contribution in [2.75, 3.05) is 12.1 Å². The number of benzene rings is 2. The van der Waals surface area contributed by atoms with Crippen LogP contribution in [0.25, 0.3) is 0 Å². The third-order valence-electron chi connectivity index (χ3n) is 5.30. The highest BCUT2D eigenvalue weighted by atomic mass is 35.5. The smallest absolute Gasteiger partial charge is 0.339 e. The number of hydrazone groups is 1. The van der Waals surface area contributed by atoms with E-state index in [1.54, 1.807) is 0 Å². The monoisotopic (exact) mass is 407 g/mol. The summed E-state index contributed by atoms with van der Waals surface area (Å²) in [7, 11) is 1.40. The summed E-state index contributed by atoms with van der Waals surface area (Å²) in [6.45, 7) is 3.81. The fraction of sp³-hybridized carbons (Fsp3) is 0.217. The number of aryl methyl sites for hydroxylation is 1. The molecule has 0 spiro atoms. The third kappa shape index (κ3) is 3.54. The van der Waals surface area contributed by atoms with Crippen molar-refractivity contribution in [3.8, 4) is 0 Å². The summed E-state index contributed by atoms with van der Waals surface area (Å²) in [5.41, 5.74) is 6.14. The average molecular weight is 408 g/mol. The Morgan fingerprint density at radius 3 is 2.48 bits per heavy atom. The number of aromatic nitrogens is 1. The standard InChI is InChI=1S/C23H22ClN3O2/c1-14-21(23(28)29-3)15(2)25-22(14)19-13-20(16-9-11-17(24)12-10-16)27(26-19)18-7-5-4-6-8-18/h4-12,20,25H,13H2,1-3H3. The van der Waals surface area contributed by atoms with Crippen molar-refractivity contribution < 1.29 is 9.53 Å². The predicted octanol–water partition coefficient (Wildman–Crippen LogP) is 5.43. The second kappa shape index (κ2) is 7.76. The normalized spacial score (nSPS) is 16.1. The van der Waals surface area contributed by atoms with Crippen LogP contribution in [-0.2, 0) is 4.74 Å². The Hall–Kier alpha value is -3.05. The number of halogens is 1.